The van der Waals surface area contributed by atoms with Gasteiger partial charge in [-0.25, -0.2) is 0 Å². The van der Waals surface area contributed by atoms with Crippen molar-refractivity contribution in [3.05, 3.63) is 41.5 Å². The van der Waals surface area contributed by atoms with Gasteiger partial charge in [0, 0.05) is 6.08 Å². The molecular formula is C12H13N. The number of benzene rings is 1. The van der Waals surface area contributed by atoms with Crippen LogP contribution in [0.4, 0.5) is 0 Å². The van der Waals surface area contributed by atoms with Crippen LogP contribution in [0.1, 0.15) is 25.0 Å². The first-order valence-electron chi connectivity index (χ1n) is 4.43. The molecule has 0 radical (unpaired) electrons. The first-order chi connectivity index (χ1) is 6.27. The van der Waals surface area contributed by atoms with E-state index in [9.17, 15) is 0 Å². The van der Waals surface area contributed by atoms with Gasteiger partial charge in [0.25, 0.3) is 0 Å². The van der Waals surface area contributed by atoms with Gasteiger partial charge in [-0.2, -0.15) is 5.26 Å². The quantitative estimate of drug-likeness (QED) is 0.627. The van der Waals surface area contributed by atoms with Gasteiger partial charge in [-0.15, -0.1) is 0 Å². The van der Waals surface area contributed by atoms with E-state index in [-0.39, 0.29) is 0 Å². The molecule has 0 aliphatic rings. The minimum atomic E-state index is 1.02. The van der Waals surface area contributed by atoms with Crippen LogP contribution in [-0.4, -0.2) is 0 Å². The minimum Gasteiger partial charge on any atom is -0.193 e. The zero-order valence-corrected chi connectivity index (χ0v) is 8.04. The van der Waals surface area contributed by atoms with Gasteiger partial charge in [0.1, 0.15) is 0 Å². The molecule has 0 N–H and O–H groups in total. The van der Waals surface area contributed by atoms with E-state index in [1.807, 2.05) is 13.0 Å². The molecule has 1 aromatic rings. The van der Waals surface area contributed by atoms with E-state index >= 15 is 0 Å². The van der Waals surface area contributed by atoms with E-state index < -0.39 is 0 Å². The minimum absolute atomic E-state index is 1.02. The number of hydrogen-bond acceptors (Lipinski definition) is 1. The number of allylic oxidation sites excluding steroid dienone is 2. The summed E-state index contributed by atoms with van der Waals surface area (Å²) >= 11 is 0. The maximum atomic E-state index is 8.47. The molecule has 0 unspecified atom stereocenters. The van der Waals surface area contributed by atoms with Crippen LogP contribution in [0.15, 0.2) is 30.3 Å². The molecule has 1 rings (SSSR count). The molecule has 1 aromatic carbocycles. The van der Waals surface area contributed by atoms with E-state index in [1.165, 1.54) is 5.56 Å². The molecule has 66 valence electrons. The van der Waals surface area contributed by atoms with E-state index in [0.29, 0.717) is 0 Å². The van der Waals surface area contributed by atoms with Gasteiger partial charge in [0.2, 0.25) is 0 Å². The maximum absolute atomic E-state index is 8.47. The highest BCUT2D eigenvalue weighted by Gasteiger charge is 1.94. The van der Waals surface area contributed by atoms with E-state index in [0.717, 1.165) is 17.6 Å². The van der Waals surface area contributed by atoms with E-state index in [1.54, 1.807) is 6.08 Å². The van der Waals surface area contributed by atoms with Gasteiger partial charge in [0.15, 0.2) is 0 Å². The van der Waals surface area contributed by atoms with Crippen molar-refractivity contribution in [2.24, 2.45) is 0 Å². The molecule has 0 fully saturated rings. The Morgan fingerprint density at radius 2 is 2.00 bits per heavy atom. The van der Waals surface area contributed by atoms with Crippen molar-refractivity contribution >= 4 is 5.57 Å². The van der Waals surface area contributed by atoms with Crippen molar-refractivity contribution in [2.75, 3.05) is 0 Å². The Morgan fingerprint density at radius 1 is 1.38 bits per heavy atom. The third-order valence-corrected chi connectivity index (χ3v) is 2.10. The Morgan fingerprint density at radius 3 is 2.46 bits per heavy atom. The summed E-state index contributed by atoms with van der Waals surface area (Å²) in [5.74, 6) is 0. The lowest BCUT2D eigenvalue weighted by Crippen LogP contribution is -1.82. The highest BCUT2D eigenvalue weighted by atomic mass is 14.2. The number of nitriles is 1. The van der Waals surface area contributed by atoms with Gasteiger partial charge < -0.3 is 0 Å². The van der Waals surface area contributed by atoms with Gasteiger partial charge >= 0.3 is 0 Å². The van der Waals surface area contributed by atoms with Crippen molar-refractivity contribution in [1.82, 2.24) is 0 Å². The topological polar surface area (TPSA) is 23.8 Å². The third kappa shape index (κ3) is 2.45. The molecule has 0 saturated heterocycles. The summed E-state index contributed by atoms with van der Waals surface area (Å²) in [5, 5.41) is 8.47. The Labute approximate surface area is 79.3 Å². The van der Waals surface area contributed by atoms with Gasteiger partial charge in [-0.1, -0.05) is 31.2 Å². The highest BCUT2D eigenvalue weighted by molar-refractivity contribution is 5.65. The zero-order valence-electron chi connectivity index (χ0n) is 8.04. The summed E-state index contributed by atoms with van der Waals surface area (Å²) in [4.78, 5) is 0. The average Bonchev–Trinajstić information content (AvgIpc) is 2.18. The Kier molecular flexibility index (Phi) is 3.28. The van der Waals surface area contributed by atoms with Crippen LogP contribution in [0, 0.1) is 11.3 Å². The molecule has 0 aromatic heterocycles. The van der Waals surface area contributed by atoms with Crippen molar-refractivity contribution in [3.8, 4) is 6.07 Å². The van der Waals surface area contributed by atoms with Gasteiger partial charge in [-0.3, -0.25) is 0 Å². The third-order valence-electron chi connectivity index (χ3n) is 2.10. The molecule has 1 heteroatoms. The molecule has 13 heavy (non-hydrogen) atoms. The molecule has 0 saturated carbocycles. The Balaban J connectivity index is 2.94. The standard InChI is InChI=1S/C12H13N/c1-3-11-4-6-12(7-5-11)10(2)8-9-13/h4-8H,3H2,1-2H3. The fraction of sp³-hybridized carbons (Fsp3) is 0.250. The number of rotatable bonds is 2. The molecule has 0 spiro atoms. The fourth-order valence-electron chi connectivity index (χ4n) is 1.18. The molecule has 0 aliphatic carbocycles. The second-order valence-electron chi connectivity index (χ2n) is 3.01. The fourth-order valence-corrected chi connectivity index (χ4v) is 1.18. The molecule has 0 aliphatic heterocycles. The molecule has 1 nitrogen and oxygen atoms in total. The normalized spacial score (nSPS) is 11.0. The predicted octanol–water partition coefficient (Wildman–Crippen LogP) is 3.18. The number of hydrogen-bond donors (Lipinski definition) is 0. The second kappa shape index (κ2) is 4.47. The van der Waals surface area contributed by atoms with Crippen molar-refractivity contribution in [1.29, 1.82) is 5.26 Å². The summed E-state index contributed by atoms with van der Waals surface area (Å²) < 4.78 is 0. The summed E-state index contributed by atoms with van der Waals surface area (Å²) in [7, 11) is 0. The molecule has 0 atom stereocenters. The Hall–Kier alpha value is -1.55. The van der Waals surface area contributed by atoms with Gasteiger partial charge in [0.05, 0.1) is 6.07 Å². The summed E-state index contributed by atoms with van der Waals surface area (Å²) in [6.07, 6.45) is 2.63. The summed E-state index contributed by atoms with van der Waals surface area (Å²) in [6, 6.07) is 10.4. The zero-order chi connectivity index (χ0) is 9.68. The number of nitrogens with zero attached hydrogens (tertiary/aromatic N) is 1. The van der Waals surface area contributed by atoms with E-state index in [2.05, 4.69) is 31.2 Å². The monoisotopic (exact) mass is 171 g/mol. The first-order valence-corrected chi connectivity index (χ1v) is 4.43. The van der Waals surface area contributed by atoms with Crippen molar-refractivity contribution in [3.63, 3.8) is 0 Å². The van der Waals surface area contributed by atoms with Crippen LogP contribution in [0.2, 0.25) is 0 Å². The van der Waals surface area contributed by atoms with Crippen LogP contribution in [0.25, 0.3) is 5.57 Å². The predicted molar refractivity (Wildman–Crippen MR) is 55.1 cm³/mol. The Bertz CT molecular complexity index is 338. The van der Waals surface area contributed by atoms with Crippen LogP contribution in [0.5, 0.6) is 0 Å². The van der Waals surface area contributed by atoms with E-state index in [4.69, 9.17) is 5.26 Å². The van der Waals surface area contributed by atoms with Crippen LogP contribution in [0.3, 0.4) is 0 Å². The SMILES string of the molecule is CCc1ccc(C(C)=CC#N)cc1. The lowest BCUT2D eigenvalue weighted by Gasteiger charge is -2.00. The first kappa shape index (κ1) is 9.54. The van der Waals surface area contributed by atoms with Gasteiger partial charge in [-0.05, 0) is 30.0 Å². The van der Waals surface area contributed by atoms with Crippen LogP contribution in [-0.2, 0) is 6.42 Å². The van der Waals surface area contributed by atoms with Crippen LogP contribution < -0.4 is 0 Å². The summed E-state index contributed by atoms with van der Waals surface area (Å²) in [6.45, 7) is 4.08. The molecule has 0 bridgehead atoms. The highest BCUT2D eigenvalue weighted by Crippen LogP contribution is 2.14. The largest absolute Gasteiger partial charge is 0.193 e. The number of aryl methyl sites for hydroxylation is 1. The average molecular weight is 171 g/mol. The van der Waals surface area contributed by atoms with Crippen molar-refractivity contribution in [2.45, 2.75) is 20.3 Å². The molecule has 0 heterocycles. The molecular weight excluding hydrogens is 158 g/mol. The van der Waals surface area contributed by atoms with Crippen molar-refractivity contribution < 1.29 is 0 Å². The maximum Gasteiger partial charge on any atom is 0.0915 e. The lowest BCUT2D eigenvalue weighted by atomic mass is 10.0. The smallest absolute Gasteiger partial charge is 0.0915 e. The second-order valence-corrected chi connectivity index (χ2v) is 3.01. The molecule has 0 amide bonds. The summed E-state index contributed by atoms with van der Waals surface area (Å²) in [5.41, 5.74) is 3.47. The van der Waals surface area contributed by atoms with Crippen LogP contribution >= 0.6 is 0 Å². The lowest BCUT2D eigenvalue weighted by molar-refractivity contribution is 1.14.